The van der Waals surface area contributed by atoms with E-state index in [1.54, 1.807) is 24.3 Å². The summed E-state index contributed by atoms with van der Waals surface area (Å²) in [5.74, 6) is -0.730. The van der Waals surface area contributed by atoms with E-state index in [4.69, 9.17) is 0 Å². The monoisotopic (exact) mass is 269 g/mol. The summed E-state index contributed by atoms with van der Waals surface area (Å²) < 4.78 is 0. The first-order chi connectivity index (χ1) is 9.65. The van der Waals surface area contributed by atoms with Crippen molar-refractivity contribution in [3.63, 3.8) is 0 Å². The fourth-order valence-electron chi connectivity index (χ4n) is 2.12. The van der Waals surface area contributed by atoms with Gasteiger partial charge in [-0.15, -0.1) is 0 Å². The summed E-state index contributed by atoms with van der Waals surface area (Å²) in [6, 6.07) is 8.38. The molecule has 2 aromatic rings. The van der Waals surface area contributed by atoms with Crippen LogP contribution in [0.25, 0.3) is 0 Å². The summed E-state index contributed by atoms with van der Waals surface area (Å²) in [6.07, 6.45) is 2.60. The van der Waals surface area contributed by atoms with Crippen LogP contribution in [-0.2, 0) is 4.79 Å². The van der Waals surface area contributed by atoms with Crippen molar-refractivity contribution in [1.82, 2.24) is 4.98 Å². The predicted molar refractivity (Wildman–Crippen MR) is 72.7 cm³/mol. The van der Waals surface area contributed by atoms with Crippen molar-refractivity contribution in [1.29, 1.82) is 0 Å². The number of nitrogens with zero attached hydrogens (tertiary/aromatic N) is 2. The normalized spacial score (nSPS) is 13.6. The lowest BCUT2D eigenvalue weighted by atomic mass is 10.1. The lowest BCUT2D eigenvalue weighted by molar-refractivity contribution is -0.115. The molecular weight excluding hydrogens is 258 g/mol. The number of carbonyl (C=O) groups is 2. The van der Waals surface area contributed by atoms with Crippen molar-refractivity contribution >= 4 is 23.2 Å². The van der Waals surface area contributed by atoms with Gasteiger partial charge in [0, 0.05) is 6.20 Å². The maximum Gasteiger partial charge on any atom is 0.260 e. The number of rotatable bonds is 1. The van der Waals surface area contributed by atoms with Gasteiger partial charge in [-0.25, -0.2) is 0 Å². The minimum absolute atomic E-state index is 0.0640. The van der Waals surface area contributed by atoms with Crippen LogP contribution in [0, 0.1) is 0 Å². The number of nitrogens with one attached hydrogen (secondary N) is 1. The highest BCUT2D eigenvalue weighted by molar-refractivity contribution is 6.15. The molecule has 0 spiro atoms. The first-order valence-corrected chi connectivity index (χ1v) is 6.00. The highest BCUT2D eigenvalue weighted by Crippen LogP contribution is 2.30. The Labute approximate surface area is 114 Å². The number of aromatic hydroxyl groups is 1. The number of para-hydroxylation sites is 2. The number of amides is 2. The van der Waals surface area contributed by atoms with E-state index in [0.717, 1.165) is 0 Å². The minimum atomic E-state index is -0.379. The second kappa shape index (κ2) is 4.65. The Morgan fingerprint density at radius 3 is 2.90 bits per heavy atom. The van der Waals surface area contributed by atoms with Crippen molar-refractivity contribution in [3.8, 4) is 5.75 Å². The molecule has 0 unspecified atom stereocenters. The lowest BCUT2D eigenvalue weighted by Gasteiger charge is -2.29. The van der Waals surface area contributed by atoms with Gasteiger partial charge in [-0.1, -0.05) is 12.1 Å². The Balaban J connectivity index is 2.02. The van der Waals surface area contributed by atoms with Gasteiger partial charge >= 0.3 is 0 Å². The quantitative estimate of drug-likeness (QED) is 0.819. The van der Waals surface area contributed by atoms with E-state index in [2.05, 4.69) is 10.3 Å². The Bertz CT molecular complexity index is 700. The molecule has 6 nitrogen and oxygen atoms in total. The van der Waals surface area contributed by atoms with E-state index < -0.39 is 0 Å². The van der Waals surface area contributed by atoms with Crippen molar-refractivity contribution in [3.05, 3.63) is 48.3 Å². The largest absolute Gasteiger partial charge is 0.506 e. The summed E-state index contributed by atoms with van der Waals surface area (Å²) >= 11 is 0. The van der Waals surface area contributed by atoms with E-state index in [1.807, 2.05) is 0 Å². The van der Waals surface area contributed by atoms with Gasteiger partial charge in [-0.3, -0.25) is 19.5 Å². The molecule has 1 aliphatic rings. The highest BCUT2D eigenvalue weighted by Gasteiger charge is 2.27. The van der Waals surface area contributed by atoms with Crippen LogP contribution in [0.1, 0.15) is 10.4 Å². The number of pyridine rings is 1. The van der Waals surface area contributed by atoms with Crippen molar-refractivity contribution in [2.45, 2.75) is 0 Å². The molecule has 3 rings (SSSR count). The maximum atomic E-state index is 12.5. The molecule has 1 aromatic heterocycles. The molecule has 2 heterocycles. The zero-order valence-electron chi connectivity index (χ0n) is 10.4. The molecular formula is C14H11N3O3. The van der Waals surface area contributed by atoms with Gasteiger partial charge < -0.3 is 10.4 Å². The van der Waals surface area contributed by atoms with E-state index in [0.29, 0.717) is 11.4 Å². The van der Waals surface area contributed by atoms with Gasteiger partial charge in [-0.05, 0) is 18.2 Å². The van der Waals surface area contributed by atoms with Crippen LogP contribution in [0.4, 0.5) is 11.4 Å². The molecule has 20 heavy (non-hydrogen) atoms. The molecule has 0 saturated heterocycles. The topological polar surface area (TPSA) is 82.5 Å². The Morgan fingerprint density at radius 1 is 1.30 bits per heavy atom. The molecule has 1 aromatic carbocycles. The molecule has 100 valence electrons. The highest BCUT2D eigenvalue weighted by atomic mass is 16.3. The fourth-order valence-corrected chi connectivity index (χ4v) is 2.12. The molecule has 0 radical (unpaired) electrons. The van der Waals surface area contributed by atoms with E-state index in [-0.39, 0.29) is 29.7 Å². The summed E-state index contributed by atoms with van der Waals surface area (Å²) in [4.78, 5) is 29.3. The Morgan fingerprint density at radius 2 is 2.10 bits per heavy atom. The van der Waals surface area contributed by atoms with Gasteiger partial charge in [-0.2, -0.15) is 0 Å². The SMILES string of the molecule is O=C1CN(C(=O)c2cncc(O)c2)c2ccccc2N1. The summed E-state index contributed by atoms with van der Waals surface area (Å²) in [5, 5.41) is 12.1. The first kappa shape index (κ1) is 12.2. The number of hydrogen-bond acceptors (Lipinski definition) is 4. The van der Waals surface area contributed by atoms with Gasteiger partial charge in [0.15, 0.2) is 0 Å². The van der Waals surface area contributed by atoms with E-state index in [1.165, 1.54) is 23.4 Å². The average molecular weight is 269 g/mol. The summed E-state index contributed by atoms with van der Waals surface area (Å²) in [6.45, 7) is -0.0640. The number of carbonyl (C=O) groups excluding carboxylic acids is 2. The number of anilines is 2. The molecule has 0 aliphatic carbocycles. The molecule has 0 saturated carbocycles. The minimum Gasteiger partial charge on any atom is -0.506 e. The molecule has 6 heteroatoms. The smallest absolute Gasteiger partial charge is 0.260 e. The number of benzene rings is 1. The van der Waals surface area contributed by atoms with Gasteiger partial charge in [0.05, 0.1) is 23.1 Å². The number of hydrogen-bond donors (Lipinski definition) is 2. The second-order valence-electron chi connectivity index (χ2n) is 4.39. The molecule has 2 amide bonds. The lowest BCUT2D eigenvalue weighted by Crippen LogP contribution is -2.42. The number of aromatic nitrogens is 1. The van der Waals surface area contributed by atoms with E-state index >= 15 is 0 Å². The van der Waals surface area contributed by atoms with Crippen LogP contribution in [0.3, 0.4) is 0 Å². The first-order valence-electron chi connectivity index (χ1n) is 6.00. The zero-order valence-corrected chi connectivity index (χ0v) is 10.4. The third-order valence-corrected chi connectivity index (χ3v) is 2.99. The molecule has 0 bridgehead atoms. The molecule has 2 N–H and O–H groups in total. The summed E-state index contributed by atoms with van der Waals surface area (Å²) in [7, 11) is 0. The zero-order chi connectivity index (χ0) is 14.1. The van der Waals surface area contributed by atoms with Gasteiger partial charge in [0.2, 0.25) is 5.91 Å². The van der Waals surface area contributed by atoms with Crippen LogP contribution in [-0.4, -0.2) is 28.4 Å². The molecule has 1 aliphatic heterocycles. The fraction of sp³-hybridized carbons (Fsp3) is 0.0714. The van der Waals surface area contributed by atoms with Crippen molar-refractivity contribution in [2.24, 2.45) is 0 Å². The Hall–Kier alpha value is -2.89. The predicted octanol–water partition coefficient (Wildman–Crippen LogP) is 1.39. The molecule has 0 atom stereocenters. The maximum absolute atomic E-state index is 12.5. The third kappa shape index (κ3) is 2.07. The summed E-state index contributed by atoms with van der Waals surface area (Å²) in [5.41, 5.74) is 1.44. The van der Waals surface area contributed by atoms with Crippen molar-refractivity contribution in [2.75, 3.05) is 16.8 Å². The van der Waals surface area contributed by atoms with Crippen LogP contribution in [0.15, 0.2) is 42.7 Å². The van der Waals surface area contributed by atoms with Crippen LogP contribution in [0.2, 0.25) is 0 Å². The van der Waals surface area contributed by atoms with Gasteiger partial charge in [0.1, 0.15) is 12.3 Å². The van der Waals surface area contributed by atoms with Crippen LogP contribution >= 0.6 is 0 Å². The average Bonchev–Trinajstić information content (AvgIpc) is 2.45. The Kier molecular flexibility index (Phi) is 2.83. The van der Waals surface area contributed by atoms with E-state index in [9.17, 15) is 14.7 Å². The van der Waals surface area contributed by atoms with Crippen LogP contribution < -0.4 is 10.2 Å². The van der Waals surface area contributed by atoms with Crippen LogP contribution in [0.5, 0.6) is 5.75 Å². The molecule has 0 fully saturated rings. The number of fused-ring (bicyclic) bond motifs is 1. The van der Waals surface area contributed by atoms with Crippen molar-refractivity contribution < 1.29 is 14.7 Å². The second-order valence-corrected chi connectivity index (χ2v) is 4.39. The standard InChI is InChI=1S/C14H11N3O3/c18-10-5-9(6-15-7-10)14(20)17-8-13(19)16-11-3-1-2-4-12(11)17/h1-7,18H,8H2,(H,16,19). The van der Waals surface area contributed by atoms with Gasteiger partial charge in [0.25, 0.3) is 5.91 Å². The third-order valence-electron chi connectivity index (χ3n) is 2.99.